The Bertz CT molecular complexity index is 996. The van der Waals surface area contributed by atoms with Crippen molar-refractivity contribution in [2.24, 2.45) is 0 Å². The average Bonchev–Trinajstić information content (AvgIpc) is 3.30. The normalized spacial score (nSPS) is 18.8. The van der Waals surface area contributed by atoms with Crippen molar-refractivity contribution in [3.05, 3.63) is 69.1 Å². The maximum absolute atomic E-state index is 5.75. The van der Waals surface area contributed by atoms with E-state index in [1.165, 1.54) is 4.88 Å². The summed E-state index contributed by atoms with van der Waals surface area (Å²) >= 11 is 11.0. The third-order valence-corrected chi connectivity index (χ3v) is 6.70. The summed E-state index contributed by atoms with van der Waals surface area (Å²) in [5.74, 6) is 1.43. The van der Waals surface area contributed by atoms with Gasteiger partial charge < -0.3 is 19.7 Å². The summed E-state index contributed by atoms with van der Waals surface area (Å²) in [6.07, 6.45) is 1.80. The largest absolute Gasteiger partial charge is 0.497 e. The van der Waals surface area contributed by atoms with Crippen molar-refractivity contribution < 1.29 is 9.47 Å². The first kappa shape index (κ1) is 19.2. The van der Waals surface area contributed by atoms with Crippen molar-refractivity contribution in [1.82, 2.24) is 10.3 Å². The molecule has 2 aromatic heterocycles. The van der Waals surface area contributed by atoms with E-state index in [0.29, 0.717) is 10.9 Å². The first-order chi connectivity index (χ1) is 13.6. The molecule has 2 atom stereocenters. The lowest BCUT2D eigenvalue weighted by Gasteiger charge is -2.28. The number of benzene rings is 1. The maximum atomic E-state index is 5.75. The summed E-state index contributed by atoms with van der Waals surface area (Å²) in [6, 6.07) is 13.7. The molecule has 0 unspecified atom stereocenters. The van der Waals surface area contributed by atoms with Crippen LogP contribution < -0.4 is 19.7 Å². The monoisotopic (exact) mass is 475 g/mol. The van der Waals surface area contributed by atoms with Gasteiger partial charge in [0.2, 0.25) is 0 Å². The van der Waals surface area contributed by atoms with Crippen LogP contribution >= 0.6 is 39.5 Å². The topological polar surface area (TPSA) is 46.6 Å². The second-order valence-corrected chi connectivity index (χ2v) is 8.45. The van der Waals surface area contributed by atoms with Crippen molar-refractivity contribution in [3.63, 3.8) is 0 Å². The number of ether oxygens (including phenoxy) is 2. The lowest BCUT2D eigenvalue weighted by molar-refractivity contribution is 0.394. The number of nitrogens with one attached hydrogen (secondary N) is 1. The van der Waals surface area contributed by atoms with Gasteiger partial charge in [-0.1, -0.05) is 6.07 Å². The Morgan fingerprint density at radius 3 is 2.68 bits per heavy atom. The van der Waals surface area contributed by atoms with Crippen LogP contribution in [-0.2, 0) is 0 Å². The van der Waals surface area contributed by atoms with E-state index in [4.69, 9.17) is 21.7 Å². The van der Waals surface area contributed by atoms with Crippen LogP contribution in [0.15, 0.2) is 58.5 Å². The number of halogens is 1. The van der Waals surface area contributed by atoms with Crippen molar-refractivity contribution in [2.45, 2.75) is 12.1 Å². The van der Waals surface area contributed by atoms with Gasteiger partial charge in [0.1, 0.15) is 11.5 Å². The number of pyridine rings is 1. The summed E-state index contributed by atoms with van der Waals surface area (Å²) in [5, 5.41) is 6.17. The van der Waals surface area contributed by atoms with Crippen LogP contribution in [0.25, 0.3) is 0 Å². The first-order valence-electron chi connectivity index (χ1n) is 8.59. The number of anilines is 1. The maximum Gasteiger partial charge on any atom is 0.174 e. The fourth-order valence-electron chi connectivity index (χ4n) is 3.37. The Labute approximate surface area is 181 Å². The molecule has 1 fully saturated rings. The summed E-state index contributed by atoms with van der Waals surface area (Å²) < 4.78 is 12.0. The van der Waals surface area contributed by atoms with Gasteiger partial charge in [0, 0.05) is 27.0 Å². The summed E-state index contributed by atoms with van der Waals surface area (Å²) in [6.45, 7) is 0. The van der Waals surface area contributed by atoms with E-state index in [-0.39, 0.29) is 12.1 Å². The molecule has 1 aliphatic rings. The molecule has 0 radical (unpaired) electrons. The molecule has 0 spiro atoms. The van der Waals surface area contributed by atoms with Crippen molar-refractivity contribution in [2.75, 3.05) is 19.1 Å². The molecule has 144 valence electrons. The van der Waals surface area contributed by atoms with E-state index in [9.17, 15) is 0 Å². The minimum atomic E-state index is -0.0777. The molecule has 1 aliphatic heterocycles. The van der Waals surface area contributed by atoms with Gasteiger partial charge in [-0.2, -0.15) is 0 Å². The van der Waals surface area contributed by atoms with Gasteiger partial charge in [0.05, 0.1) is 37.7 Å². The number of hydrogen-bond acceptors (Lipinski definition) is 5. The molecule has 3 heterocycles. The van der Waals surface area contributed by atoms with Crippen molar-refractivity contribution in [3.8, 4) is 11.5 Å². The number of hydrogen-bond donors (Lipinski definition) is 1. The average molecular weight is 476 g/mol. The Balaban J connectivity index is 1.84. The molecule has 1 aromatic carbocycles. The Morgan fingerprint density at radius 1 is 1.18 bits per heavy atom. The van der Waals surface area contributed by atoms with Crippen LogP contribution in [0, 0.1) is 0 Å². The predicted octanol–water partition coefficient (Wildman–Crippen LogP) is 5.10. The van der Waals surface area contributed by atoms with E-state index >= 15 is 0 Å². The van der Waals surface area contributed by atoms with Gasteiger partial charge in [-0.05, 0) is 58.5 Å². The standard InChI is InChI=1S/C20H18BrN3O2S2/c1-25-13-6-7-15(16(10-13)26-2)24-19(17-9-12(21)11-28-17)18(23-20(24)27)14-5-3-4-8-22-14/h3-11,18-19H,1-2H3,(H,23,27)/t18-,19+/m0/s1. The molecule has 8 heteroatoms. The SMILES string of the molecule is COc1ccc(N2C(=S)N[C@@H](c3ccccn3)[C@H]2c2cc(Br)cs2)c(OC)c1. The van der Waals surface area contributed by atoms with Crippen LogP contribution in [-0.4, -0.2) is 24.3 Å². The lowest BCUT2D eigenvalue weighted by atomic mass is 10.0. The summed E-state index contributed by atoms with van der Waals surface area (Å²) in [4.78, 5) is 7.84. The number of thiophene rings is 1. The fourth-order valence-corrected chi connectivity index (χ4v) is 5.28. The van der Waals surface area contributed by atoms with Gasteiger partial charge in [-0.25, -0.2) is 0 Å². The van der Waals surface area contributed by atoms with Gasteiger partial charge in [-0.15, -0.1) is 11.3 Å². The van der Waals surface area contributed by atoms with E-state index in [0.717, 1.165) is 21.6 Å². The van der Waals surface area contributed by atoms with E-state index < -0.39 is 0 Å². The third-order valence-electron chi connectivity index (χ3n) is 4.62. The highest BCUT2D eigenvalue weighted by molar-refractivity contribution is 9.10. The molecule has 5 nitrogen and oxygen atoms in total. The van der Waals surface area contributed by atoms with Crippen LogP contribution in [0.1, 0.15) is 22.7 Å². The third kappa shape index (κ3) is 3.47. The zero-order valence-corrected chi connectivity index (χ0v) is 18.5. The first-order valence-corrected chi connectivity index (χ1v) is 10.7. The minimum Gasteiger partial charge on any atom is -0.497 e. The van der Waals surface area contributed by atoms with Gasteiger partial charge >= 0.3 is 0 Å². The summed E-state index contributed by atoms with van der Waals surface area (Å²) in [5.41, 5.74) is 1.82. The van der Waals surface area contributed by atoms with E-state index in [1.807, 2.05) is 36.4 Å². The van der Waals surface area contributed by atoms with Crippen LogP contribution in [0.2, 0.25) is 0 Å². The molecule has 28 heavy (non-hydrogen) atoms. The predicted molar refractivity (Wildman–Crippen MR) is 119 cm³/mol. The molecule has 1 saturated heterocycles. The molecule has 1 N–H and O–H groups in total. The van der Waals surface area contributed by atoms with Gasteiger partial charge in [-0.3, -0.25) is 4.98 Å². The quantitative estimate of drug-likeness (QED) is 0.517. The highest BCUT2D eigenvalue weighted by Crippen LogP contribution is 2.47. The number of methoxy groups -OCH3 is 2. The van der Waals surface area contributed by atoms with Crippen LogP contribution in [0.4, 0.5) is 5.69 Å². The van der Waals surface area contributed by atoms with E-state index in [2.05, 4.69) is 42.6 Å². The number of nitrogens with zero attached hydrogens (tertiary/aromatic N) is 2. The second-order valence-electron chi connectivity index (χ2n) is 6.20. The molecular formula is C20H18BrN3O2S2. The molecule has 3 aromatic rings. The van der Waals surface area contributed by atoms with Crippen molar-refractivity contribution in [1.29, 1.82) is 0 Å². The van der Waals surface area contributed by atoms with Gasteiger partial charge in [0.25, 0.3) is 0 Å². The molecule has 4 rings (SSSR count). The Kier molecular flexibility index (Phi) is 5.52. The van der Waals surface area contributed by atoms with Gasteiger partial charge in [0.15, 0.2) is 5.11 Å². The highest BCUT2D eigenvalue weighted by Gasteiger charge is 2.42. The lowest BCUT2D eigenvalue weighted by Crippen LogP contribution is -2.29. The molecule has 0 aliphatic carbocycles. The highest BCUT2D eigenvalue weighted by atomic mass is 79.9. The number of aromatic nitrogens is 1. The number of rotatable bonds is 5. The Hall–Kier alpha value is -2.16. The van der Waals surface area contributed by atoms with Crippen LogP contribution in [0.3, 0.4) is 0 Å². The second kappa shape index (κ2) is 8.06. The van der Waals surface area contributed by atoms with E-state index in [1.54, 1.807) is 31.8 Å². The van der Waals surface area contributed by atoms with Crippen molar-refractivity contribution >= 4 is 50.3 Å². The number of thiocarbonyl (C=S) groups is 1. The van der Waals surface area contributed by atoms with Crippen LogP contribution in [0.5, 0.6) is 11.5 Å². The summed E-state index contributed by atoms with van der Waals surface area (Å²) in [7, 11) is 3.29. The fraction of sp³-hybridized carbons (Fsp3) is 0.200. The zero-order valence-electron chi connectivity index (χ0n) is 15.3. The molecule has 0 bridgehead atoms. The Morgan fingerprint density at radius 2 is 2.04 bits per heavy atom. The molecule has 0 saturated carbocycles. The molecular weight excluding hydrogens is 458 g/mol. The minimum absolute atomic E-state index is 0.0546. The zero-order chi connectivity index (χ0) is 19.7. The molecule has 0 amide bonds. The smallest absolute Gasteiger partial charge is 0.174 e.